The van der Waals surface area contributed by atoms with E-state index in [2.05, 4.69) is 101 Å². The summed E-state index contributed by atoms with van der Waals surface area (Å²) in [4.78, 5) is 0. The molecule has 0 bridgehead atoms. The predicted octanol–water partition coefficient (Wildman–Crippen LogP) is 9.72. The molecule has 2 fully saturated rings. The second kappa shape index (κ2) is 14.0. The zero-order valence-corrected chi connectivity index (χ0v) is 30.5. The highest BCUT2D eigenvalue weighted by atomic mass is 31.2. The number of aliphatic hydroxyl groups is 1. The summed E-state index contributed by atoms with van der Waals surface area (Å²) >= 11 is 0. The molecule has 1 aliphatic carbocycles. The van der Waals surface area contributed by atoms with Crippen LogP contribution in [0, 0.1) is 28.1 Å². The van der Waals surface area contributed by atoms with Gasteiger partial charge in [-0.15, -0.1) is 0 Å². The Bertz CT molecular complexity index is 961. The molecule has 42 heavy (non-hydrogen) atoms. The zero-order chi connectivity index (χ0) is 31.6. The molecular formula is C34H60O6P2. The summed E-state index contributed by atoms with van der Waals surface area (Å²) in [5, 5.41) is 10.4. The van der Waals surface area contributed by atoms with Crippen molar-refractivity contribution in [2.45, 2.75) is 126 Å². The highest BCUT2D eigenvalue weighted by Gasteiger charge is 2.42. The summed E-state index contributed by atoms with van der Waals surface area (Å²) in [6.45, 7) is 28.0. The third-order valence-corrected chi connectivity index (χ3v) is 10.8. The number of benzene rings is 1. The Morgan fingerprint density at radius 3 is 1.93 bits per heavy atom. The predicted molar refractivity (Wildman–Crippen MR) is 176 cm³/mol. The topological polar surface area (TPSA) is 66.4 Å². The van der Waals surface area contributed by atoms with E-state index < -0.39 is 14.0 Å². The van der Waals surface area contributed by atoms with Crippen molar-refractivity contribution < 1.29 is 27.7 Å². The molecule has 1 aliphatic heterocycles. The average Bonchev–Trinajstić information content (AvgIpc) is 3.10. The van der Waals surface area contributed by atoms with Gasteiger partial charge >= 0.3 is 8.60 Å². The first-order valence-corrected chi connectivity index (χ1v) is 17.7. The van der Waals surface area contributed by atoms with E-state index >= 15 is 0 Å². The largest absolute Gasteiger partial charge is 0.426 e. The van der Waals surface area contributed by atoms with Crippen molar-refractivity contribution in [3.05, 3.63) is 29.3 Å². The van der Waals surface area contributed by atoms with Crippen molar-refractivity contribution in [2.75, 3.05) is 26.4 Å². The van der Waals surface area contributed by atoms with Crippen molar-refractivity contribution in [3.8, 4) is 5.75 Å². The van der Waals surface area contributed by atoms with Gasteiger partial charge in [0.2, 0.25) is 0 Å². The molecule has 4 atom stereocenters. The Labute approximate surface area is 260 Å². The Morgan fingerprint density at radius 2 is 1.45 bits per heavy atom. The van der Waals surface area contributed by atoms with Crippen molar-refractivity contribution in [1.29, 1.82) is 0 Å². The van der Waals surface area contributed by atoms with Gasteiger partial charge in [-0.3, -0.25) is 0 Å². The number of para-hydroxylation sites is 1. The molecule has 1 heterocycles. The number of aliphatic hydroxyl groups excluding tert-OH is 1. The summed E-state index contributed by atoms with van der Waals surface area (Å²) in [5.74, 6) is 1.96. The minimum Gasteiger partial charge on any atom is -0.426 e. The maximum absolute atomic E-state index is 10.4. The molecule has 4 unspecified atom stereocenters. The maximum atomic E-state index is 10.4. The van der Waals surface area contributed by atoms with Crippen LogP contribution in [0.4, 0.5) is 0 Å². The molecule has 6 nitrogen and oxygen atoms in total. The first-order chi connectivity index (χ1) is 19.3. The average molecular weight is 627 g/mol. The zero-order valence-electron chi connectivity index (χ0n) is 28.6. The molecule has 0 spiro atoms. The first-order valence-electron chi connectivity index (χ1n) is 15.8. The highest BCUT2D eigenvalue weighted by Crippen LogP contribution is 2.52. The molecule has 242 valence electrons. The van der Waals surface area contributed by atoms with E-state index in [9.17, 15) is 5.11 Å². The molecule has 1 saturated carbocycles. The minimum atomic E-state index is -1.60. The lowest BCUT2D eigenvalue weighted by Crippen LogP contribution is -2.42. The smallest absolute Gasteiger partial charge is 0.397 e. The normalized spacial score (nSPS) is 28.7. The van der Waals surface area contributed by atoms with Gasteiger partial charge in [-0.05, 0) is 52.8 Å². The monoisotopic (exact) mass is 626 g/mol. The molecule has 1 N–H and O–H groups in total. The van der Waals surface area contributed by atoms with Gasteiger partial charge in [0.25, 0.3) is 0 Å². The van der Waals surface area contributed by atoms with Gasteiger partial charge in [-0.1, -0.05) is 108 Å². The van der Waals surface area contributed by atoms with Crippen LogP contribution in [0.3, 0.4) is 0 Å². The molecule has 1 aromatic carbocycles. The molecule has 3 rings (SSSR count). The van der Waals surface area contributed by atoms with Gasteiger partial charge in [0.05, 0.1) is 37.9 Å². The Hall–Kier alpha value is -0.320. The van der Waals surface area contributed by atoms with Crippen molar-refractivity contribution >= 4 is 17.6 Å². The summed E-state index contributed by atoms with van der Waals surface area (Å²) in [6.07, 6.45) is 4.92. The molecule has 0 amide bonds. The molecule has 8 heteroatoms. The Kier molecular flexibility index (Phi) is 12.0. The van der Waals surface area contributed by atoms with Gasteiger partial charge in [0.15, 0.2) is 9.03 Å². The Morgan fingerprint density at radius 1 is 0.881 bits per heavy atom. The fraction of sp³-hybridized carbons (Fsp3) is 0.824. The van der Waals surface area contributed by atoms with E-state index in [-0.39, 0.29) is 43.4 Å². The minimum absolute atomic E-state index is 0.0867. The van der Waals surface area contributed by atoms with Crippen LogP contribution in [0.25, 0.3) is 0 Å². The number of hydrogen-bond donors (Lipinski definition) is 1. The molecule has 1 saturated heterocycles. The molecular weight excluding hydrogens is 566 g/mol. The van der Waals surface area contributed by atoms with Gasteiger partial charge in [-0.25, -0.2) is 0 Å². The van der Waals surface area contributed by atoms with E-state index in [0.717, 1.165) is 23.3 Å². The summed E-state index contributed by atoms with van der Waals surface area (Å²) in [6, 6.07) is 6.35. The van der Waals surface area contributed by atoms with Crippen LogP contribution in [0.5, 0.6) is 5.75 Å². The maximum Gasteiger partial charge on any atom is 0.397 e. The number of rotatable bonds is 8. The van der Waals surface area contributed by atoms with E-state index in [1.165, 1.54) is 19.3 Å². The molecule has 1 aromatic rings. The van der Waals surface area contributed by atoms with Crippen molar-refractivity contribution in [3.63, 3.8) is 0 Å². The molecule has 2 aliphatic rings. The van der Waals surface area contributed by atoms with Gasteiger partial charge in [0.1, 0.15) is 5.75 Å². The highest BCUT2D eigenvalue weighted by molar-refractivity contribution is 7.42. The standard InChI is InChI=1S/C34H60O6P2/c1-30(2,3)24-15-13-16-25(31(4,5)6)28(19-24)39-41-36-21-34(20-35)22-37-42(38-23-34)40-29-26(32(7,8)9)17-14-18-27(29)33(10,11)12/h14,17-18,24-25,28,35,41H,13,15-16,19-23H2,1-12H3. The van der Waals surface area contributed by atoms with Gasteiger partial charge in [-0.2, -0.15) is 0 Å². The quantitative estimate of drug-likeness (QED) is 0.176. The lowest BCUT2D eigenvalue weighted by atomic mass is 9.72. The fourth-order valence-corrected chi connectivity index (χ4v) is 8.24. The van der Waals surface area contributed by atoms with Gasteiger partial charge < -0.3 is 27.7 Å². The second-order valence-corrected chi connectivity index (χ2v) is 18.8. The van der Waals surface area contributed by atoms with Crippen LogP contribution in [0.1, 0.15) is 120 Å². The van der Waals surface area contributed by atoms with Crippen LogP contribution in [-0.2, 0) is 28.9 Å². The lowest BCUT2D eigenvalue weighted by Gasteiger charge is -2.39. The SMILES string of the molecule is CC(C)(C)c1cccc(C(C)(C)C)c1OP1OCC(CO)(COPOC2CC(C(C)(C)C)CCCC2C(C)(C)C)CO1. The van der Waals surface area contributed by atoms with Crippen molar-refractivity contribution in [1.82, 2.24) is 0 Å². The van der Waals surface area contributed by atoms with E-state index in [0.29, 0.717) is 31.7 Å². The van der Waals surface area contributed by atoms with Crippen LogP contribution < -0.4 is 4.52 Å². The number of hydrogen-bond acceptors (Lipinski definition) is 6. The lowest BCUT2D eigenvalue weighted by molar-refractivity contribution is -0.0473. The van der Waals surface area contributed by atoms with E-state index in [1.54, 1.807) is 0 Å². The first kappa shape index (κ1) is 36.2. The van der Waals surface area contributed by atoms with E-state index in [4.69, 9.17) is 22.6 Å². The van der Waals surface area contributed by atoms with Crippen LogP contribution >= 0.6 is 17.6 Å². The Balaban J connectivity index is 1.62. The third kappa shape index (κ3) is 9.59. The van der Waals surface area contributed by atoms with Gasteiger partial charge in [0, 0.05) is 11.1 Å². The fourth-order valence-electron chi connectivity index (χ4n) is 6.14. The third-order valence-electron chi connectivity index (χ3n) is 9.09. The second-order valence-electron chi connectivity index (χ2n) is 16.9. The van der Waals surface area contributed by atoms with Crippen LogP contribution in [-0.4, -0.2) is 37.6 Å². The summed E-state index contributed by atoms with van der Waals surface area (Å²) in [5.41, 5.74) is 1.86. The van der Waals surface area contributed by atoms with Crippen LogP contribution in [0.15, 0.2) is 18.2 Å². The summed E-state index contributed by atoms with van der Waals surface area (Å²) in [7, 11) is -1.69. The van der Waals surface area contributed by atoms with Crippen LogP contribution in [0.2, 0.25) is 0 Å². The molecule has 0 aromatic heterocycles. The van der Waals surface area contributed by atoms with Crippen molar-refractivity contribution in [2.24, 2.45) is 28.1 Å². The summed E-state index contributed by atoms with van der Waals surface area (Å²) < 4.78 is 31.4. The molecule has 0 radical (unpaired) electrons. The van der Waals surface area contributed by atoms with E-state index in [1.807, 2.05) is 0 Å².